The summed E-state index contributed by atoms with van der Waals surface area (Å²) in [5.41, 5.74) is -8.63. The number of alkyl halides is 19. The molecular weight excluding hydrogens is 485 g/mol. The summed E-state index contributed by atoms with van der Waals surface area (Å²) in [5, 5.41) is 8.22. The van der Waals surface area contributed by atoms with E-state index in [9.17, 15) is 83.4 Å². The maximum atomic E-state index is 13.3. The molecule has 0 saturated heterocycles. The van der Waals surface area contributed by atoms with Crippen molar-refractivity contribution in [3.63, 3.8) is 0 Å². The van der Waals surface area contributed by atoms with Crippen LogP contribution in [0.2, 0.25) is 0 Å². The van der Waals surface area contributed by atoms with Gasteiger partial charge >= 0.3 is 53.7 Å². The molecule has 20 heteroatoms. The Morgan fingerprint density at radius 3 is 0.724 bits per heavy atom. The summed E-state index contributed by atoms with van der Waals surface area (Å²) in [6, 6.07) is 0. The van der Waals surface area contributed by atoms with Crippen molar-refractivity contribution in [2.75, 3.05) is 0 Å². The van der Waals surface area contributed by atoms with Gasteiger partial charge in [0.15, 0.2) is 0 Å². The van der Waals surface area contributed by atoms with E-state index in [1.54, 1.807) is 0 Å². The van der Waals surface area contributed by atoms with E-state index in [0.717, 1.165) is 0 Å². The van der Waals surface area contributed by atoms with Gasteiger partial charge in [0.1, 0.15) is 0 Å². The zero-order valence-corrected chi connectivity index (χ0v) is 12.1. The first-order chi connectivity index (χ1) is 12.0. The molecule has 1 N–H and O–H groups in total. The summed E-state index contributed by atoms with van der Waals surface area (Å²) >= 11 is 0. The fourth-order valence-corrected chi connectivity index (χ4v) is 1.56. The number of halogens is 19. The Kier molecular flexibility index (Phi) is 6.02. The van der Waals surface area contributed by atoms with Crippen molar-refractivity contribution >= 4 is 0 Å². The molecule has 0 saturated carbocycles. The molecule has 0 aliphatic heterocycles. The minimum Gasteiger partial charge on any atom is -0.371 e. The highest BCUT2D eigenvalue weighted by atomic mass is 19.4. The molecule has 0 bridgehead atoms. The Morgan fingerprint density at radius 1 is 0.276 bits per heavy atom. The third-order valence-corrected chi connectivity index (χ3v) is 3.21. The average molecular weight is 486 g/mol. The normalized spacial score (nSPS) is 18.6. The van der Waals surface area contributed by atoms with Crippen molar-refractivity contribution in [3.8, 4) is 0 Å². The third kappa shape index (κ3) is 3.24. The van der Waals surface area contributed by atoms with Gasteiger partial charge in [-0.25, -0.2) is 0 Å². The first-order valence-corrected chi connectivity index (χ1v) is 5.81. The van der Waals surface area contributed by atoms with Crippen molar-refractivity contribution < 1.29 is 88.5 Å². The van der Waals surface area contributed by atoms with E-state index < -0.39 is 53.7 Å². The first kappa shape index (κ1) is 27.6. The van der Waals surface area contributed by atoms with Crippen molar-refractivity contribution in [1.82, 2.24) is 0 Å². The van der Waals surface area contributed by atoms with E-state index in [1.807, 2.05) is 0 Å². The van der Waals surface area contributed by atoms with Gasteiger partial charge in [-0.2, -0.15) is 83.4 Å². The van der Waals surface area contributed by atoms with Crippen LogP contribution in [-0.4, -0.2) is 58.8 Å². The lowest BCUT2D eigenvalue weighted by atomic mass is 9.80. The smallest absolute Gasteiger partial charge is 0.371 e. The first-order valence-electron chi connectivity index (χ1n) is 5.81. The zero-order chi connectivity index (χ0) is 24.5. The molecule has 0 fully saturated rings. The molecule has 0 spiro atoms. The quantitative estimate of drug-likeness (QED) is 0.504. The Bertz CT molecular complexity index is 605. The molecule has 1 atom stereocenters. The van der Waals surface area contributed by atoms with E-state index in [1.165, 1.54) is 0 Å². The highest BCUT2D eigenvalue weighted by molar-refractivity contribution is 5.20. The Labute approximate surface area is 144 Å². The van der Waals surface area contributed by atoms with Gasteiger partial charge in [0.2, 0.25) is 0 Å². The molecule has 0 aliphatic carbocycles. The van der Waals surface area contributed by atoms with Gasteiger partial charge in [-0.1, -0.05) is 0 Å². The van der Waals surface area contributed by atoms with Crippen molar-refractivity contribution in [2.45, 2.75) is 53.7 Å². The molecule has 29 heavy (non-hydrogen) atoms. The molecule has 0 radical (unpaired) electrons. The Morgan fingerprint density at radius 2 is 0.517 bits per heavy atom. The minimum absolute atomic E-state index is 7.95. The molecule has 1 unspecified atom stereocenters. The summed E-state index contributed by atoms with van der Waals surface area (Å²) in [5.74, 6) is -43.7. The summed E-state index contributed by atoms with van der Waals surface area (Å²) in [6.07, 6.45) is -24.4. The lowest BCUT2D eigenvalue weighted by molar-refractivity contribution is -0.493. The van der Waals surface area contributed by atoms with Crippen LogP contribution < -0.4 is 0 Å². The van der Waals surface area contributed by atoms with E-state index in [-0.39, 0.29) is 0 Å². The van der Waals surface area contributed by atoms with E-state index in [4.69, 9.17) is 5.11 Å². The van der Waals surface area contributed by atoms with Crippen LogP contribution in [0, 0.1) is 0 Å². The van der Waals surface area contributed by atoms with Crippen LogP contribution in [0.5, 0.6) is 0 Å². The second kappa shape index (κ2) is 6.32. The maximum absolute atomic E-state index is 13.3. The van der Waals surface area contributed by atoms with E-state index in [2.05, 4.69) is 0 Å². The van der Waals surface area contributed by atoms with Gasteiger partial charge in [-0.3, -0.25) is 0 Å². The largest absolute Gasteiger partial charge is 0.460 e. The summed E-state index contributed by atoms with van der Waals surface area (Å²) < 4.78 is 238. The summed E-state index contributed by atoms with van der Waals surface area (Å²) in [6.45, 7) is 0. The average Bonchev–Trinajstić information content (AvgIpc) is 2.41. The second-order valence-corrected chi connectivity index (χ2v) is 5.08. The molecule has 1 nitrogen and oxygen atoms in total. The molecule has 0 rings (SSSR count). The molecule has 0 aromatic heterocycles. The van der Waals surface area contributed by atoms with Crippen LogP contribution in [0.4, 0.5) is 83.4 Å². The lowest BCUT2D eigenvalue weighted by Crippen LogP contribution is -2.80. The lowest BCUT2D eigenvalue weighted by Gasteiger charge is -2.46. The molecule has 0 heterocycles. The number of hydrogen-bond donors (Lipinski definition) is 1. The number of rotatable bonds is 5. The van der Waals surface area contributed by atoms with Gasteiger partial charge < -0.3 is 5.11 Å². The zero-order valence-electron chi connectivity index (χ0n) is 12.1. The highest BCUT2D eigenvalue weighted by Gasteiger charge is 2.98. The predicted molar refractivity (Wildman–Crippen MR) is 47.8 cm³/mol. The summed E-state index contributed by atoms with van der Waals surface area (Å²) in [4.78, 5) is 0. The number of hydrogen-bond acceptors (Lipinski definition) is 1. The fourth-order valence-electron chi connectivity index (χ4n) is 1.56. The molecule has 176 valence electrons. The van der Waals surface area contributed by atoms with Crippen molar-refractivity contribution in [1.29, 1.82) is 0 Å². The molecule has 0 aromatic rings. The van der Waals surface area contributed by atoms with Gasteiger partial charge in [-0.05, 0) is 0 Å². The van der Waals surface area contributed by atoms with Crippen LogP contribution >= 0.6 is 0 Å². The van der Waals surface area contributed by atoms with Crippen LogP contribution in [0.3, 0.4) is 0 Å². The van der Waals surface area contributed by atoms with Gasteiger partial charge in [0.05, 0.1) is 0 Å². The Balaban J connectivity index is 7.21. The monoisotopic (exact) mass is 486 g/mol. The molecule has 0 aromatic carbocycles. The SMILES string of the molecule is OC(C(F)(F)F)(C(F)(F)C(F)(F)F)C(F)(F)C(F)(F)C(F)(F)C(F)(F)C(F)(F)F. The topological polar surface area (TPSA) is 20.2 Å². The van der Waals surface area contributed by atoms with Crippen molar-refractivity contribution in [3.05, 3.63) is 0 Å². The predicted octanol–water partition coefficient (Wildman–Crippen LogP) is 5.58. The molecule has 0 aliphatic rings. The number of aliphatic hydroxyl groups is 1. The molecular formula is C9HF19O. The van der Waals surface area contributed by atoms with Gasteiger partial charge in [0.25, 0.3) is 0 Å². The van der Waals surface area contributed by atoms with Crippen molar-refractivity contribution in [2.24, 2.45) is 0 Å². The van der Waals surface area contributed by atoms with E-state index >= 15 is 0 Å². The van der Waals surface area contributed by atoms with Gasteiger partial charge in [0, 0.05) is 0 Å². The Hall–Kier alpha value is -1.37. The van der Waals surface area contributed by atoms with Gasteiger partial charge in [-0.15, -0.1) is 0 Å². The van der Waals surface area contributed by atoms with E-state index in [0.29, 0.717) is 0 Å². The van der Waals surface area contributed by atoms with Crippen LogP contribution in [0.25, 0.3) is 0 Å². The second-order valence-electron chi connectivity index (χ2n) is 5.08. The minimum atomic E-state index is -9.02. The maximum Gasteiger partial charge on any atom is 0.460 e. The van der Waals surface area contributed by atoms with Crippen LogP contribution in [0.15, 0.2) is 0 Å². The third-order valence-electron chi connectivity index (χ3n) is 3.21. The van der Waals surface area contributed by atoms with Crippen LogP contribution in [-0.2, 0) is 0 Å². The standard InChI is InChI=1S/C9HF19O/c10-2(11,1(29,7(20,21)22)3(12,13)8(23,24)25)4(14,15)5(16,17)6(18,19)9(26,27)28/h29H. The van der Waals surface area contributed by atoms with Crippen LogP contribution in [0.1, 0.15) is 0 Å². The molecule has 0 amide bonds. The fraction of sp³-hybridized carbons (Fsp3) is 1.00. The highest BCUT2D eigenvalue weighted by Crippen LogP contribution is 2.65. The summed E-state index contributed by atoms with van der Waals surface area (Å²) in [7, 11) is 0.